The van der Waals surface area contributed by atoms with E-state index in [0.29, 0.717) is 19.5 Å². The molecule has 0 aliphatic carbocycles. The van der Waals surface area contributed by atoms with E-state index in [0.717, 1.165) is 48.6 Å². The van der Waals surface area contributed by atoms with Gasteiger partial charge in [0.15, 0.2) is 0 Å². The van der Waals surface area contributed by atoms with E-state index >= 15 is 0 Å². The maximum atomic E-state index is 11.8. The lowest BCUT2D eigenvalue weighted by Crippen LogP contribution is -2.38. The number of aromatic nitrogens is 1. The van der Waals surface area contributed by atoms with E-state index in [9.17, 15) is 4.79 Å². The van der Waals surface area contributed by atoms with Crippen LogP contribution in [0.25, 0.3) is 23.1 Å². The van der Waals surface area contributed by atoms with Gasteiger partial charge >= 0.3 is 0 Å². The molecule has 0 aliphatic heterocycles. The Hall–Kier alpha value is -3.96. The third kappa shape index (κ3) is 7.27. The van der Waals surface area contributed by atoms with Crippen molar-refractivity contribution in [3.63, 3.8) is 0 Å². The molecule has 4 aromatic rings. The van der Waals surface area contributed by atoms with Crippen molar-refractivity contribution < 1.29 is 14.1 Å². The molecule has 0 spiro atoms. The normalized spacial score (nSPS) is 11.1. The number of pyridine rings is 1. The minimum Gasteiger partial charge on any atom is -0.457 e. The third-order valence-corrected chi connectivity index (χ3v) is 6.01. The first-order valence-corrected chi connectivity index (χ1v) is 12.6. The Bertz CT molecular complexity index is 1300. The van der Waals surface area contributed by atoms with Crippen LogP contribution in [0.5, 0.6) is 11.5 Å². The molecule has 1 amide bonds. The first-order valence-electron chi connectivity index (χ1n) is 12.6. The molecule has 4 rings (SSSR count). The van der Waals surface area contributed by atoms with E-state index in [4.69, 9.17) is 10.5 Å². The van der Waals surface area contributed by atoms with Crippen molar-refractivity contribution in [2.24, 2.45) is 5.73 Å². The van der Waals surface area contributed by atoms with Gasteiger partial charge in [-0.25, -0.2) is 0 Å². The van der Waals surface area contributed by atoms with Gasteiger partial charge in [-0.2, -0.15) is 4.57 Å². The zero-order valence-corrected chi connectivity index (χ0v) is 20.6. The number of unbranched alkanes of at least 4 members (excludes halogenated alkanes) is 2. The number of para-hydroxylation sites is 2. The van der Waals surface area contributed by atoms with Gasteiger partial charge in [0.25, 0.3) is 0 Å². The van der Waals surface area contributed by atoms with Gasteiger partial charge in [0, 0.05) is 49.5 Å². The van der Waals surface area contributed by atoms with Crippen molar-refractivity contribution in [1.29, 1.82) is 0 Å². The topological polar surface area (TPSA) is 68.2 Å². The molecule has 0 bridgehead atoms. The molecule has 1 aromatic heterocycles. The maximum Gasteiger partial charge on any atom is 0.220 e. The fourth-order valence-corrected chi connectivity index (χ4v) is 4.19. The Morgan fingerprint density at radius 2 is 1.64 bits per heavy atom. The Labute approximate surface area is 213 Å². The summed E-state index contributed by atoms with van der Waals surface area (Å²) < 4.78 is 8.36. The molecule has 3 N–H and O–H groups in total. The first kappa shape index (κ1) is 25.1. The number of ether oxygens (including phenoxy) is 1. The number of rotatable bonds is 12. The number of hydrogen-bond acceptors (Lipinski definition) is 3. The van der Waals surface area contributed by atoms with E-state index in [1.165, 1.54) is 10.9 Å². The second-order valence-corrected chi connectivity index (χ2v) is 8.74. The highest BCUT2D eigenvalue weighted by Gasteiger charge is 2.13. The number of fused-ring (bicyclic) bond motifs is 1. The van der Waals surface area contributed by atoms with Crippen LogP contribution in [0.3, 0.4) is 0 Å². The maximum absolute atomic E-state index is 11.8. The van der Waals surface area contributed by atoms with Gasteiger partial charge in [-0.15, -0.1) is 0 Å². The number of carbonyl (C=O) groups excluding carboxylic acids is 1. The van der Waals surface area contributed by atoms with Crippen LogP contribution in [-0.4, -0.2) is 19.0 Å². The van der Waals surface area contributed by atoms with Crippen molar-refractivity contribution >= 4 is 29.0 Å². The van der Waals surface area contributed by atoms with Crippen molar-refractivity contribution in [1.82, 2.24) is 5.32 Å². The van der Waals surface area contributed by atoms with Crippen molar-refractivity contribution in [3.05, 3.63) is 102 Å². The summed E-state index contributed by atoms with van der Waals surface area (Å²) in [6.45, 7) is 1.91. The van der Waals surface area contributed by atoms with E-state index in [-0.39, 0.29) is 5.91 Å². The monoisotopic (exact) mass is 480 g/mol. The molecule has 5 heteroatoms. The predicted molar refractivity (Wildman–Crippen MR) is 147 cm³/mol. The first-order chi connectivity index (χ1) is 17.7. The van der Waals surface area contributed by atoms with E-state index in [1.54, 1.807) is 0 Å². The molecule has 184 valence electrons. The lowest BCUT2D eigenvalue weighted by molar-refractivity contribution is -0.673. The molecule has 0 saturated carbocycles. The van der Waals surface area contributed by atoms with E-state index < -0.39 is 0 Å². The van der Waals surface area contributed by atoms with Gasteiger partial charge in [0.05, 0.1) is 0 Å². The summed E-state index contributed by atoms with van der Waals surface area (Å²) in [5.74, 6) is 1.72. The number of nitrogens with one attached hydrogen (secondary N) is 1. The lowest BCUT2D eigenvalue weighted by Gasteiger charge is -2.07. The van der Waals surface area contributed by atoms with Crippen LogP contribution in [0, 0.1) is 0 Å². The second-order valence-electron chi connectivity index (χ2n) is 8.74. The molecule has 3 aromatic carbocycles. The van der Waals surface area contributed by atoms with Crippen LogP contribution in [0.1, 0.15) is 36.9 Å². The number of benzene rings is 3. The third-order valence-electron chi connectivity index (χ3n) is 6.01. The fourth-order valence-electron chi connectivity index (χ4n) is 4.19. The molecule has 0 radical (unpaired) electrons. The molecule has 0 saturated heterocycles. The summed E-state index contributed by atoms with van der Waals surface area (Å²) in [7, 11) is 0. The molecular formula is C31H34N3O2+. The molecule has 0 aliphatic rings. The Balaban J connectivity index is 1.45. The highest BCUT2D eigenvalue weighted by molar-refractivity contribution is 5.77. The summed E-state index contributed by atoms with van der Waals surface area (Å²) in [6, 6.07) is 30.7. The van der Waals surface area contributed by atoms with Crippen LogP contribution < -0.4 is 20.4 Å². The van der Waals surface area contributed by atoms with Crippen molar-refractivity contribution in [2.75, 3.05) is 13.1 Å². The molecule has 1 heterocycles. The van der Waals surface area contributed by atoms with Crippen LogP contribution in [0.4, 0.5) is 0 Å². The van der Waals surface area contributed by atoms with Crippen LogP contribution in [0.2, 0.25) is 0 Å². The van der Waals surface area contributed by atoms with Gasteiger partial charge in [-0.3, -0.25) is 4.79 Å². The number of carbonyl (C=O) groups is 1. The minimum atomic E-state index is 0.0837. The Kier molecular flexibility index (Phi) is 9.23. The number of nitrogens with two attached hydrogens (primary N) is 1. The molecule has 5 nitrogen and oxygen atoms in total. The van der Waals surface area contributed by atoms with Crippen molar-refractivity contribution in [3.8, 4) is 11.5 Å². The summed E-state index contributed by atoms with van der Waals surface area (Å²) in [6.07, 6.45) is 7.71. The van der Waals surface area contributed by atoms with Gasteiger partial charge in [0.2, 0.25) is 17.1 Å². The average Bonchev–Trinajstić information content (AvgIpc) is 2.91. The van der Waals surface area contributed by atoms with Gasteiger partial charge in [-0.05, 0) is 60.9 Å². The summed E-state index contributed by atoms with van der Waals surface area (Å²) in [5, 5.41) is 4.05. The van der Waals surface area contributed by atoms with Crippen LogP contribution in [-0.2, 0) is 11.3 Å². The minimum absolute atomic E-state index is 0.0837. The van der Waals surface area contributed by atoms with Gasteiger partial charge in [0.1, 0.15) is 18.0 Å². The number of hydrogen-bond donors (Lipinski definition) is 2. The quantitative estimate of drug-likeness (QED) is 0.201. The Morgan fingerprint density at radius 3 is 2.50 bits per heavy atom. The SMILES string of the molecule is NCCNC(=O)CCCCC[n+]1c(/C=C/c2cccc(Oc3ccccc3)c2)ccc2ccccc21. The van der Waals surface area contributed by atoms with Crippen LogP contribution >= 0.6 is 0 Å². The van der Waals surface area contributed by atoms with E-state index in [2.05, 4.69) is 64.5 Å². The highest BCUT2D eigenvalue weighted by Crippen LogP contribution is 2.23. The second kappa shape index (κ2) is 13.2. The predicted octanol–water partition coefficient (Wildman–Crippen LogP) is 5.73. The fraction of sp³-hybridized carbons (Fsp3) is 0.226. The van der Waals surface area contributed by atoms with E-state index in [1.807, 2.05) is 48.5 Å². The molecule has 36 heavy (non-hydrogen) atoms. The summed E-state index contributed by atoms with van der Waals surface area (Å²) in [4.78, 5) is 11.8. The summed E-state index contributed by atoms with van der Waals surface area (Å²) >= 11 is 0. The number of aryl methyl sites for hydroxylation is 1. The number of amides is 1. The molecule has 0 unspecified atom stereocenters. The molecule has 0 fully saturated rings. The Morgan fingerprint density at radius 1 is 0.833 bits per heavy atom. The van der Waals surface area contributed by atoms with Gasteiger partial charge < -0.3 is 15.8 Å². The lowest BCUT2D eigenvalue weighted by atomic mass is 10.1. The zero-order chi connectivity index (χ0) is 25.0. The average molecular weight is 481 g/mol. The summed E-state index contributed by atoms with van der Waals surface area (Å²) in [5.41, 5.74) is 8.88. The smallest absolute Gasteiger partial charge is 0.220 e. The molecular weight excluding hydrogens is 446 g/mol. The molecule has 0 atom stereocenters. The zero-order valence-electron chi connectivity index (χ0n) is 20.6. The van der Waals surface area contributed by atoms with Crippen molar-refractivity contribution in [2.45, 2.75) is 32.2 Å². The highest BCUT2D eigenvalue weighted by atomic mass is 16.5. The number of nitrogens with zero attached hydrogens (tertiary/aromatic N) is 1. The van der Waals surface area contributed by atoms with Crippen LogP contribution in [0.15, 0.2) is 91.0 Å². The van der Waals surface area contributed by atoms with Gasteiger partial charge in [-0.1, -0.05) is 42.5 Å². The largest absolute Gasteiger partial charge is 0.457 e. The standard InChI is InChI=1S/C31H33N3O2/c32-21-22-33-31(35)16-5-2-8-23-34-27(20-18-26-11-6-7-15-30(26)34)19-17-25-10-9-14-29(24-25)36-28-12-3-1-4-13-28/h1,3-4,6-7,9-15,17-20,24H,2,5,8,16,21-23,32H2/p+1/b19-17+.